The van der Waals surface area contributed by atoms with Gasteiger partial charge in [0.15, 0.2) is 5.60 Å². The lowest BCUT2D eigenvalue weighted by Gasteiger charge is -2.38. The molecule has 4 heteroatoms. The second-order valence-corrected chi connectivity index (χ2v) is 8.32. The molecule has 3 heterocycles. The fraction of sp³-hybridized carbons (Fsp3) is 0.824. The van der Waals surface area contributed by atoms with E-state index in [4.69, 9.17) is 4.74 Å². The topological polar surface area (TPSA) is 29.5 Å². The minimum atomic E-state index is -0.232. The normalized spacial score (nSPS) is 41.5. The van der Waals surface area contributed by atoms with E-state index in [1.54, 1.807) is 0 Å². The highest BCUT2D eigenvalue weighted by Gasteiger charge is 2.63. The number of piperidine rings is 1. The second kappa shape index (κ2) is 5.31. The molecule has 2 saturated heterocycles. The van der Waals surface area contributed by atoms with Crippen LogP contribution >= 0.6 is 11.8 Å². The van der Waals surface area contributed by atoms with Gasteiger partial charge in [0, 0.05) is 23.8 Å². The quantitative estimate of drug-likeness (QED) is 0.589. The first-order valence-electron chi connectivity index (χ1n) is 8.56. The second-order valence-electron chi connectivity index (χ2n) is 6.97. The van der Waals surface area contributed by atoms with E-state index < -0.39 is 0 Å². The molecule has 4 aliphatic rings. The molecule has 0 amide bonds. The lowest BCUT2D eigenvalue weighted by atomic mass is 9.77. The van der Waals surface area contributed by atoms with E-state index in [2.05, 4.69) is 23.6 Å². The first-order chi connectivity index (χ1) is 10.2. The number of nitrogens with zero attached hydrogens (tertiary/aromatic N) is 1. The largest absolute Gasteiger partial charge is 0.450 e. The molecule has 1 aliphatic carbocycles. The number of thioether (sulfide) groups is 1. The summed E-state index contributed by atoms with van der Waals surface area (Å²) in [6.07, 6.45) is 10.3. The molecule has 2 bridgehead atoms. The minimum absolute atomic E-state index is 0.0876. The maximum absolute atomic E-state index is 11.9. The molecule has 1 spiro atoms. The maximum atomic E-state index is 11.9. The van der Waals surface area contributed by atoms with E-state index in [1.165, 1.54) is 50.0 Å². The third kappa shape index (κ3) is 2.09. The fourth-order valence-electron chi connectivity index (χ4n) is 4.89. The van der Waals surface area contributed by atoms with E-state index in [0.29, 0.717) is 17.3 Å². The summed E-state index contributed by atoms with van der Waals surface area (Å²) in [7, 11) is 0. The first kappa shape index (κ1) is 14.1. The van der Waals surface area contributed by atoms with Gasteiger partial charge in [0.1, 0.15) is 0 Å². The summed E-state index contributed by atoms with van der Waals surface area (Å²) >= 11 is 2.13. The number of ether oxygens (including phenoxy) is 1. The Labute approximate surface area is 131 Å². The van der Waals surface area contributed by atoms with Crippen molar-refractivity contribution in [2.75, 3.05) is 12.3 Å². The summed E-state index contributed by atoms with van der Waals surface area (Å²) in [6.45, 7) is 3.46. The SMILES string of the molecule is CCCCSC1CC2=CC(=O)OC23CC1N1CCCCC13. The minimum Gasteiger partial charge on any atom is -0.450 e. The molecule has 0 aromatic rings. The van der Waals surface area contributed by atoms with Crippen LogP contribution in [0, 0.1) is 0 Å². The van der Waals surface area contributed by atoms with Crippen LogP contribution < -0.4 is 0 Å². The Hall–Kier alpha value is -0.480. The first-order valence-corrected chi connectivity index (χ1v) is 9.61. The average molecular weight is 307 g/mol. The number of hydrogen-bond acceptors (Lipinski definition) is 4. The number of rotatable bonds is 4. The van der Waals surface area contributed by atoms with Gasteiger partial charge in [-0.15, -0.1) is 0 Å². The predicted molar refractivity (Wildman–Crippen MR) is 85.4 cm³/mol. The third-order valence-electron chi connectivity index (χ3n) is 5.82. The average Bonchev–Trinajstić information content (AvgIpc) is 2.96. The zero-order chi connectivity index (χ0) is 14.4. The Balaban J connectivity index is 1.62. The molecule has 0 radical (unpaired) electrons. The van der Waals surface area contributed by atoms with E-state index in [1.807, 2.05) is 6.08 Å². The van der Waals surface area contributed by atoms with Crippen molar-refractivity contribution in [3.63, 3.8) is 0 Å². The van der Waals surface area contributed by atoms with Crippen molar-refractivity contribution >= 4 is 17.7 Å². The van der Waals surface area contributed by atoms with Gasteiger partial charge in [0.2, 0.25) is 0 Å². The molecule has 3 nitrogen and oxygen atoms in total. The van der Waals surface area contributed by atoms with E-state index in [-0.39, 0.29) is 11.6 Å². The zero-order valence-electron chi connectivity index (χ0n) is 12.8. The highest BCUT2D eigenvalue weighted by atomic mass is 32.2. The summed E-state index contributed by atoms with van der Waals surface area (Å²) in [6, 6.07) is 1.09. The van der Waals surface area contributed by atoms with Crippen LogP contribution in [0.15, 0.2) is 11.6 Å². The molecule has 4 atom stereocenters. The van der Waals surface area contributed by atoms with Gasteiger partial charge in [-0.3, -0.25) is 4.90 Å². The standard InChI is InChI=1S/C17H25NO2S/c1-2-3-8-21-14-9-12-10-16(19)20-17(12)11-13(14)18-7-5-4-6-15(17)18/h10,13-15H,2-9,11H2,1H3. The monoisotopic (exact) mass is 307 g/mol. The molecular formula is C17H25NO2S. The highest BCUT2D eigenvalue weighted by molar-refractivity contribution is 7.99. The van der Waals surface area contributed by atoms with Gasteiger partial charge < -0.3 is 4.74 Å². The molecule has 0 N–H and O–H groups in total. The van der Waals surface area contributed by atoms with Gasteiger partial charge in [-0.05, 0) is 43.6 Å². The van der Waals surface area contributed by atoms with E-state index >= 15 is 0 Å². The lowest BCUT2D eigenvalue weighted by Crippen LogP contribution is -2.48. The molecule has 3 aliphatic heterocycles. The predicted octanol–water partition coefficient (Wildman–Crippen LogP) is 3.14. The van der Waals surface area contributed by atoms with E-state index in [0.717, 1.165) is 12.8 Å². The van der Waals surface area contributed by atoms with Crippen molar-refractivity contribution in [1.82, 2.24) is 4.90 Å². The van der Waals surface area contributed by atoms with Crippen LogP contribution in [-0.2, 0) is 9.53 Å². The van der Waals surface area contributed by atoms with E-state index in [9.17, 15) is 4.79 Å². The third-order valence-corrected chi connectivity index (χ3v) is 7.25. The summed E-state index contributed by atoms with van der Waals surface area (Å²) < 4.78 is 5.90. The number of carbonyl (C=O) groups excluding carboxylic acids is 1. The van der Waals surface area contributed by atoms with Crippen molar-refractivity contribution in [3.05, 3.63) is 11.6 Å². The molecule has 116 valence electrons. The number of hydrogen-bond donors (Lipinski definition) is 0. The van der Waals surface area contributed by atoms with Crippen molar-refractivity contribution in [3.8, 4) is 0 Å². The Bertz CT molecular complexity index is 477. The number of carbonyl (C=O) groups is 1. The summed E-state index contributed by atoms with van der Waals surface area (Å²) in [5.74, 6) is 1.17. The highest BCUT2D eigenvalue weighted by Crippen LogP contribution is 2.55. The van der Waals surface area contributed by atoms with Gasteiger partial charge >= 0.3 is 5.97 Å². The van der Waals surface area contributed by atoms with Gasteiger partial charge in [0.05, 0.1) is 6.04 Å². The number of esters is 1. The van der Waals surface area contributed by atoms with Crippen molar-refractivity contribution in [2.24, 2.45) is 0 Å². The lowest BCUT2D eigenvalue weighted by molar-refractivity contribution is -0.148. The Morgan fingerprint density at radius 3 is 3.24 bits per heavy atom. The summed E-state index contributed by atoms with van der Waals surface area (Å²) in [5.41, 5.74) is 1.08. The van der Waals surface area contributed by atoms with Crippen LogP contribution in [0.25, 0.3) is 0 Å². The van der Waals surface area contributed by atoms with Crippen LogP contribution in [0.2, 0.25) is 0 Å². The molecule has 1 saturated carbocycles. The van der Waals surface area contributed by atoms with Crippen LogP contribution in [-0.4, -0.2) is 46.1 Å². The fourth-order valence-corrected chi connectivity index (χ4v) is 6.42. The number of fused-ring (bicyclic) bond motifs is 3. The summed E-state index contributed by atoms with van der Waals surface area (Å²) in [4.78, 5) is 14.6. The van der Waals surface area contributed by atoms with Gasteiger partial charge in [-0.2, -0.15) is 11.8 Å². The smallest absolute Gasteiger partial charge is 0.331 e. The molecule has 21 heavy (non-hydrogen) atoms. The molecule has 3 fully saturated rings. The van der Waals surface area contributed by atoms with Gasteiger partial charge in [0.25, 0.3) is 0 Å². The van der Waals surface area contributed by atoms with Crippen LogP contribution in [0.4, 0.5) is 0 Å². The van der Waals surface area contributed by atoms with Crippen molar-refractivity contribution in [1.29, 1.82) is 0 Å². The van der Waals surface area contributed by atoms with Crippen LogP contribution in [0.5, 0.6) is 0 Å². The Morgan fingerprint density at radius 1 is 1.48 bits per heavy atom. The Morgan fingerprint density at radius 2 is 2.38 bits per heavy atom. The molecule has 0 aromatic carbocycles. The van der Waals surface area contributed by atoms with Crippen molar-refractivity contribution in [2.45, 2.75) is 74.8 Å². The van der Waals surface area contributed by atoms with Crippen molar-refractivity contribution < 1.29 is 9.53 Å². The van der Waals surface area contributed by atoms with Crippen LogP contribution in [0.1, 0.15) is 51.9 Å². The zero-order valence-corrected chi connectivity index (χ0v) is 13.7. The molecular weight excluding hydrogens is 282 g/mol. The molecule has 0 aromatic heterocycles. The Kier molecular flexibility index (Phi) is 3.57. The van der Waals surface area contributed by atoms with Gasteiger partial charge in [-0.25, -0.2) is 4.79 Å². The van der Waals surface area contributed by atoms with Gasteiger partial charge in [-0.1, -0.05) is 19.8 Å². The molecule has 4 unspecified atom stereocenters. The molecule has 4 rings (SSSR count). The summed E-state index contributed by atoms with van der Waals surface area (Å²) in [5, 5.41) is 0.661. The maximum Gasteiger partial charge on any atom is 0.331 e. The number of unbranched alkanes of at least 4 members (excludes halogenated alkanes) is 1. The van der Waals surface area contributed by atoms with Crippen LogP contribution in [0.3, 0.4) is 0 Å².